The van der Waals surface area contributed by atoms with Gasteiger partial charge in [-0.25, -0.2) is 0 Å². The zero-order valence-electron chi connectivity index (χ0n) is 13.4. The minimum absolute atomic E-state index is 0.254. The first-order valence-electron chi connectivity index (χ1n) is 7.58. The topological polar surface area (TPSA) is 123 Å². The predicted molar refractivity (Wildman–Crippen MR) is 92.6 cm³/mol. The third-order valence-electron chi connectivity index (χ3n) is 4.20. The van der Waals surface area contributed by atoms with Crippen LogP contribution in [0.5, 0.6) is 0 Å². The number of allylic oxidation sites excluding steroid dienone is 1. The highest BCUT2D eigenvalue weighted by Gasteiger charge is 2.50. The molecule has 132 valence electrons. The number of amides is 1. The second kappa shape index (κ2) is 7.57. The Morgan fingerprint density at radius 3 is 2.84 bits per heavy atom. The number of nitrogens with zero attached hydrogens (tertiary/aromatic N) is 2. The van der Waals surface area contributed by atoms with Crippen LogP contribution in [-0.4, -0.2) is 33.9 Å². The highest BCUT2D eigenvalue weighted by atomic mass is 35.5. The van der Waals surface area contributed by atoms with Crippen LogP contribution in [0.1, 0.15) is 24.0 Å². The number of carbonyl (C=O) groups excluding carboxylic acids is 1. The molecule has 0 radical (unpaired) electrons. The molecule has 1 saturated heterocycles. The van der Waals surface area contributed by atoms with Crippen molar-refractivity contribution < 1.29 is 15.0 Å². The van der Waals surface area contributed by atoms with Crippen molar-refractivity contribution in [1.82, 2.24) is 10.2 Å². The van der Waals surface area contributed by atoms with E-state index in [1.807, 2.05) is 6.07 Å². The standard InChI is InChI=1S/C17H19ClN4O3/c1-2-22-12(9-20)5-6-17(22,16(25)21-10-15(23)24)13-4-3-11(8-19)7-14(13)18/h2-4,7,9,15,23-24H,1,5-6,10,20H2,(H,21,25)/b12-9-. The largest absolute Gasteiger partial charge is 0.403 e. The Labute approximate surface area is 150 Å². The van der Waals surface area contributed by atoms with E-state index >= 15 is 0 Å². The van der Waals surface area contributed by atoms with Crippen molar-refractivity contribution in [3.8, 4) is 6.07 Å². The summed E-state index contributed by atoms with van der Waals surface area (Å²) >= 11 is 6.36. The number of nitrogens with one attached hydrogen (secondary N) is 1. The zero-order chi connectivity index (χ0) is 18.6. The maximum Gasteiger partial charge on any atom is 0.251 e. The van der Waals surface area contributed by atoms with Gasteiger partial charge in [0.05, 0.1) is 18.2 Å². The summed E-state index contributed by atoms with van der Waals surface area (Å²) in [4.78, 5) is 14.6. The number of aliphatic hydroxyl groups excluding tert-OH is 1. The molecule has 1 fully saturated rings. The van der Waals surface area contributed by atoms with E-state index in [1.54, 1.807) is 17.0 Å². The van der Waals surface area contributed by atoms with Crippen LogP contribution in [0.2, 0.25) is 5.02 Å². The number of nitrogens with two attached hydrogens (primary N) is 1. The molecule has 7 nitrogen and oxygen atoms in total. The lowest BCUT2D eigenvalue weighted by Crippen LogP contribution is -2.52. The molecule has 5 N–H and O–H groups in total. The van der Waals surface area contributed by atoms with Crippen molar-refractivity contribution >= 4 is 17.5 Å². The normalized spacial score (nSPS) is 21.4. The van der Waals surface area contributed by atoms with Gasteiger partial charge in [-0.2, -0.15) is 5.26 Å². The Bertz CT molecular complexity index is 757. The van der Waals surface area contributed by atoms with E-state index in [0.717, 1.165) is 0 Å². The first-order chi connectivity index (χ1) is 11.9. The highest BCUT2D eigenvalue weighted by molar-refractivity contribution is 6.32. The molecule has 1 aromatic rings. The number of benzene rings is 1. The lowest BCUT2D eigenvalue weighted by molar-refractivity contribution is -0.133. The third kappa shape index (κ3) is 3.33. The van der Waals surface area contributed by atoms with Crippen LogP contribution >= 0.6 is 11.6 Å². The lowest BCUT2D eigenvalue weighted by Gasteiger charge is -2.37. The van der Waals surface area contributed by atoms with Gasteiger partial charge in [-0.05, 0) is 31.2 Å². The van der Waals surface area contributed by atoms with E-state index in [0.29, 0.717) is 29.7 Å². The fraction of sp³-hybridized carbons (Fsp3) is 0.294. The molecule has 1 aliphatic rings. The van der Waals surface area contributed by atoms with Gasteiger partial charge in [-0.1, -0.05) is 24.2 Å². The number of carbonyl (C=O) groups is 1. The molecule has 1 unspecified atom stereocenters. The second-order valence-electron chi connectivity index (χ2n) is 5.57. The molecule has 1 aromatic carbocycles. The summed E-state index contributed by atoms with van der Waals surface area (Å²) in [5.41, 5.74) is 5.96. The van der Waals surface area contributed by atoms with Crippen LogP contribution in [0.4, 0.5) is 0 Å². The number of aliphatic hydroxyl groups is 2. The molecule has 0 aliphatic carbocycles. The summed E-state index contributed by atoms with van der Waals surface area (Å²) in [5, 5.41) is 29.9. The van der Waals surface area contributed by atoms with E-state index in [4.69, 9.17) is 32.8 Å². The Kier molecular flexibility index (Phi) is 5.69. The SMILES string of the molecule is C=CN1/C(=C\N)CCC1(C(=O)NCC(O)O)c1ccc(C#N)cc1Cl. The first kappa shape index (κ1) is 18.8. The maximum absolute atomic E-state index is 13.0. The van der Waals surface area contributed by atoms with Crippen LogP contribution < -0.4 is 11.1 Å². The van der Waals surface area contributed by atoms with E-state index in [-0.39, 0.29) is 11.6 Å². The minimum atomic E-state index is -1.68. The average Bonchev–Trinajstić information content (AvgIpc) is 2.98. The van der Waals surface area contributed by atoms with Gasteiger partial charge < -0.3 is 26.2 Å². The van der Waals surface area contributed by atoms with Gasteiger partial charge in [0.15, 0.2) is 6.29 Å². The Morgan fingerprint density at radius 2 is 2.32 bits per heavy atom. The fourth-order valence-electron chi connectivity index (χ4n) is 3.09. The lowest BCUT2D eigenvalue weighted by atomic mass is 9.85. The molecule has 25 heavy (non-hydrogen) atoms. The molecule has 0 bridgehead atoms. The summed E-state index contributed by atoms with van der Waals surface area (Å²) in [5.74, 6) is -0.469. The number of halogens is 1. The van der Waals surface area contributed by atoms with Gasteiger partial charge in [0, 0.05) is 22.5 Å². The number of hydrogen-bond donors (Lipinski definition) is 4. The Hall–Kier alpha value is -2.53. The van der Waals surface area contributed by atoms with Gasteiger partial charge in [0.25, 0.3) is 5.91 Å². The van der Waals surface area contributed by atoms with E-state index in [2.05, 4.69) is 11.9 Å². The first-order valence-corrected chi connectivity index (χ1v) is 7.95. The fourth-order valence-corrected chi connectivity index (χ4v) is 3.43. The molecule has 0 aromatic heterocycles. The monoisotopic (exact) mass is 362 g/mol. The number of nitriles is 1. The minimum Gasteiger partial charge on any atom is -0.403 e. The van der Waals surface area contributed by atoms with Crippen molar-refractivity contribution in [2.24, 2.45) is 5.73 Å². The number of likely N-dealkylation sites (tertiary alicyclic amines) is 1. The quantitative estimate of drug-likeness (QED) is 0.576. The number of hydrogen-bond acceptors (Lipinski definition) is 6. The summed E-state index contributed by atoms with van der Waals surface area (Å²) in [6, 6.07) is 6.67. The predicted octanol–water partition coefficient (Wildman–Crippen LogP) is 0.873. The van der Waals surface area contributed by atoms with Gasteiger partial charge in [0.2, 0.25) is 0 Å². The van der Waals surface area contributed by atoms with E-state index in [1.165, 1.54) is 18.5 Å². The van der Waals surface area contributed by atoms with Crippen molar-refractivity contribution in [3.05, 3.63) is 59.0 Å². The summed E-state index contributed by atoms with van der Waals surface area (Å²) in [6.45, 7) is 3.43. The summed E-state index contributed by atoms with van der Waals surface area (Å²) in [6.07, 6.45) is 2.07. The molecular weight excluding hydrogens is 344 g/mol. The molecule has 0 spiro atoms. The maximum atomic E-state index is 13.0. The molecule has 1 atom stereocenters. The van der Waals surface area contributed by atoms with Crippen molar-refractivity contribution in [2.75, 3.05) is 6.54 Å². The molecule has 1 amide bonds. The van der Waals surface area contributed by atoms with Crippen LogP contribution in [0, 0.1) is 11.3 Å². The summed E-state index contributed by atoms with van der Waals surface area (Å²) < 4.78 is 0. The summed E-state index contributed by atoms with van der Waals surface area (Å²) in [7, 11) is 0. The van der Waals surface area contributed by atoms with Gasteiger partial charge in [-0.3, -0.25) is 4.79 Å². The molecule has 0 saturated carbocycles. The van der Waals surface area contributed by atoms with E-state index in [9.17, 15) is 4.79 Å². The van der Waals surface area contributed by atoms with Crippen LogP contribution in [-0.2, 0) is 10.3 Å². The average molecular weight is 363 g/mol. The van der Waals surface area contributed by atoms with Gasteiger partial charge in [-0.15, -0.1) is 0 Å². The van der Waals surface area contributed by atoms with E-state index < -0.39 is 17.7 Å². The van der Waals surface area contributed by atoms with Crippen LogP contribution in [0.15, 0.2) is 42.9 Å². The Morgan fingerprint density at radius 1 is 1.60 bits per heavy atom. The zero-order valence-corrected chi connectivity index (χ0v) is 14.2. The van der Waals surface area contributed by atoms with Crippen molar-refractivity contribution in [3.63, 3.8) is 0 Å². The molecule has 1 heterocycles. The van der Waals surface area contributed by atoms with Crippen molar-refractivity contribution in [1.29, 1.82) is 5.26 Å². The molecular formula is C17H19ClN4O3. The third-order valence-corrected chi connectivity index (χ3v) is 4.52. The second-order valence-corrected chi connectivity index (χ2v) is 5.98. The molecule has 2 rings (SSSR count). The van der Waals surface area contributed by atoms with Crippen LogP contribution in [0.25, 0.3) is 0 Å². The number of rotatable bonds is 5. The molecule has 8 heteroatoms. The van der Waals surface area contributed by atoms with Crippen molar-refractivity contribution in [2.45, 2.75) is 24.7 Å². The highest BCUT2D eigenvalue weighted by Crippen LogP contribution is 2.46. The smallest absolute Gasteiger partial charge is 0.251 e. The molecule has 1 aliphatic heterocycles. The van der Waals surface area contributed by atoms with Crippen LogP contribution in [0.3, 0.4) is 0 Å². The Balaban J connectivity index is 2.59. The van der Waals surface area contributed by atoms with Gasteiger partial charge in [0.1, 0.15) is 5.54 Å². The van der Waals surface area contributed by atoms with Gasteiger partial charge >= 0.3 is 0 Å².